The largest absolute Gasteiger partial charge is 0.453 e. The minimum Gasteiger partial charge on any atom is -0.453 e. The average molecular weight is 720 g/mol. The SMILES string of the molecule is CC1(C)c2ccccc2-c2oc3c(ccc4c5c(n(-c6nc(-c7ccccc7)c7cc(-c8ccccc8)c8ccccc8c7n6)c43)-c3ccccc3C5(C)C)c21. The van der Waals surface area contributed by atoms with E-state index in [1.165, 1.54) is 49.9 Å². The highest BCUT2D eigenvalue weighted by molar-refractivity contribution is 6.16. The molecule has 0 aliphatic heterocycles. The highest BCUT2D eigenvalue weighted by atomic mass is 16.3. The van der Waals surface area contributed by atoms with Crippen molar-refractivity contribution in [3.63, 3.8) is 0 Å². The number of furan rings is 1. The molecule has 12 rings (SSSR count). The number of fused-ring (bicyclic) bond motifs is 14. The summed E-state index contributed by atoms with van der Waals surface area (Å²) in [5.41, 5.74) is 15.3. The van der Waals surface area contributed by atoms with Crippen LogP contribution in [0.2, 0.25) is 0 Å². The highest BCUT2D eigenvalue weighted by Gasteiger charge is 2.44. The molecule has 10 aromatic rings. The lowest BCUT2D eigenvalue weighted by Crippen LogP contribution is -2.15. The van der Waals surface area contributed by atoms with Gasteiger partial charge in [-0.1, -0.05) is 173 Å². The van der Waals surface area contributed by atoms with E-state index in [-0.39, 0.29) is 10.8 Å². The van der Waals surface area contributed by atoms with E-state index in [0.29, 0.717) is 5.95 Å². The Hall–Kier alpha value is -6.78. The van der Waals surface area contributed by atoms with Crippen molar-refractivity contribution in [2.75, 3.05) is 0 Å². The van der Waals surface area contributed by atoms with Crippen LogP contribution in [-0.2, 0) is 10.8 Å². The number of hydrogen-bond donors (Lipinski definition) is 0. The van der Waals surface area contributed by atoms with Gasteiger partial charge in [-0.05, 0) is 39.3 Å². The van der Waals surface area contributed by atoms with Crippen LogP contribution in [0, 0.1) is 0 Å². The molecule has 0 bridgehead atoms. The van der Waals surface area contributed by atoms with E-state index in [9.17, 15) is 0 Å². The summed E-state index contributed by atoms with van der Waals surface area (Å²) >= 11 is 0. The van der Waals surface area contributed by atoms with E-state index >= 15 is 0 Å². The summed E-state index contributed by atoms with van der Waals surface area (Å²) in [4.78, 5) is 11.3. The molecule has 56 heavy (non-hydrogen) atoms. The quantitative estimate of drug-likeness (QED) is 0.171. The standard InChI is InChI=1S/C52H37N3O/c1-51(2)40-25-15-13-23-34(40)46-42(51)36-27-28-37-43-48(35-24-14-16-26-41(35)52(43,3)4)56-49(37)47(36)55(46)50-53-44(31-19-9-6-10-20-31)39-29-38(30-17-7-5-8-18-30)32-21-11-12-22-33(32)45(39)54-50/h5-29H,1-4H3. The molecular formula is C52H37N3O. The van der Waals surface area contributed by atoms with Crippen LogP contribution in [-0.4, -0.2) is 14.5 Å². The number of hydrogen-bond acceptors (Lipinski definition) is 3. The summed E-state index contributed by atoms with van der Waals surface area (Å²) in [5.74, 6) is 1.60. The third-order valence-electron chi connectivity index (χ3n) is 12.8. The van der Waals surface area contributed by atoms with Crippen molar-refractivity contribution in [3.05, 3.63) is 174 Å². The van der Waals surface area contributed by atoms with Gasteiger partial charge < -0.3 is 4.42 Å². The highest BCUT2D eigenvalue weighted by Crippen LogP contribution is 2.58. The summed E-state index contributed by atoms with van der Waals surface area (Å²) in [6.07, 6.45) is 0. The molecular weight excluding hydrogens is 683 g/mol. The van der Waals surface area contributed by atoms with Crippen LogP contribution in [0.5, 0.6) is 0 Å². The van der Waals surface area contributed by atoms with Crippen LogP contribution in [0.3, 0.4) is 0 Å². The first kappa shape index (κ1) is 31.6. The first-order valence-electron chi connectivity index (χ1n) is 19.5. The van der Waals surface area contributed by atoms with Crippen molar-refractivity contribution in [3.8, 4) is 50.9 Å². The molecule has 0 saturated heterocycles. The minimum absolute atomic E-state index is 0.216. The average Bonchev–Trinajstić information content (AvgIpc) is 3.93. The van der Waals surface area contributed by atoms with Crippen molar-refractivity contribution in [2.24, 2.45) is 0 Å². The van der Waals surface area contributed by atoms with Crippen LogP contribution < -0.4 is 0 Å². The smallest absolute Gasteiger partial charge is 0.235 e. The van der Waals surface area contributed by atoms with E-state index in [0.717, 1.165) is 60.9 Å². The normalized spacial score (nSPS) is 14.7. The molecule has 3 aromatic heterocycles. The van der Waals surface area contributed by atoms with E-state index in [4.69, 9.17) is 14.4 Å². The lowest BCUT2D eigenvalue weighted by molar-refractivity contribution is 0.620. The second-order valence-corrected chi connectivity index (χ2v) is 16.5. The second kappa shape index (κ2) is 10.9. The Bertz CT molecular complexity index is 3290. The van der Waals surface area contributed by atoms with Crippen LogP contribution in [0.1, 0.15) is 49.9 Å². The molecule has 266 valence electrons. The Morgan fingerprint density at radius 3 is 1.82 bits per heavy atom. The zero-order valence-electron chi connectivity index (χ0n) is 31.7. The summed E-state index contributed by atoms with van der Waals surface area (Å²) in [5, 5.41) is 5.58. The van der Waals surface area contributed by atoms with Gasteiger partial charge in [0.25, 0.3) is 0 Å². The predicted octanol–water partition coefficient (Wildman–Crippen LogP) is 13.4. The predicted molar refractivity (Wildman–Crippen MR) is 230 cm³/mol. The van der Waals surface area contributed by atoms with E-state index < -0.39 is 0 Å². The molecule has 0 spiro atoms. The summed E-state index contributed by atoms with van der Waals surface area (Å²) in [7, 11) is 0. The van der Waals surface area contributed by atoms with Crippen LogP contribution >= 0.6 is 0 Å². The van der Waals surface area contributed by atoms with Gasteiger partial charge in [-0.2, -0.15) is 0 Å². The van der Waals surface area contributed by atoms with Gasteiger partial charge in [0.15, 0.2) is 5.58 Å². The maximum absolute atomic E-state index is 7.20. The minimum atomic E-state index is -0.263. The molecule has 0 unspecified atom stereocenters. The van der Waals surface area contributed by atoms with E-state index in [1.807, 2.05) is 0 Å². The molecule has 2 aliphatic rings. The second-order valence-electron chi connectivity index (χ2n) is 16.5. The first-order valence-corrected chi connectivity index (χ1v) is 19.5. The van der Waals surface area contributed by atoms with Crippen LogP contribution in [0.15, 0.2) is 156 Å². The molecule has 4 heteroatoms. The van der Waals surface area contributed by atoms with E-state index in [2.05, 4.69) is 184 Å². The summed E-state index contributed by atoms with van der Waals surface area (Å²) < 4.78 is 9.54. The van der Waals surface area contributed by atoms with Crippen LogP contribution in [0.25, 0.3) is 94.5 Å². The fourth-order valence-electron chi connectivity index (χ4n) is 10.3. The van der Waals surface area contributed by atoms with Gasteiger partial charge in [-0.15, -0.1) is 0 Å². The monoisotopic (exact) mass is 719 g/mol. The topological polar surface area (TPSA) is 43.9 Å². The van der Waals surface area contributed by atoms with Gasteiger partial charge in [-0.3, -0.25) is 4.57 Å². The first-order chi connectivity index (χ1) is 27.3. The number of benzene rings is 7. The van der Waals surface area contributed by atoms with E-state index in [1.54, 1.807) is 0 Å². The molecule has 7 aromatic carbocycles. The fraction of sp³-hybridized carbons (Fsp3) is 0.115. The summed E-state index contributed by atoms with van der Waals surface area (Å²) in [6, 6.07) is 54.4. The van der Waals surface area contributed by atoms with Gasteiger partial charge in [0.05, 0.1) is 16.9 Å². The lowest BCUT2D eigenvalue weighted by Gasteiger charge is -2.22. The maximum atomic E-state index is 7.20. The molecule has 0 saturated carbocycles. The third kappa shape index (κ3) is 3.98. The van der Waals surface area contributed by atoms with Gasteiger partial charge in [-0.25, -0.2) is 9.97 Å². The van der Waals surface area contributed by atoms with Crippen molar-refractivity contribution in [1.29, 1.82) is 0 Å². The lowest BCUT2D eigenvalue weighted by atomic mass is 9.80. The van der Waals surface area contributed by atoms with Gasteiger partial charge in [0.1, 0.15) is 11.3 Å². The number of nitrogens with zero attached hydrogens (tertiary/aromatic N) is 3. The van der Waals surface area contributed by atoms with Crippen molar-refractivity contribution in [1.82, 2.24) is 14.5 Å². The Morgan fingerprint density at radius 1 is 0.482 bits per heavy atom. The van der Waals surface area contributed by atoms with Crippen molar-refractivity contribution < 1.29 is 4.42 Å². The third-order valence-corrected chi connectivity index (χ3v) is 12.8. The van der Waals surface area contributed by atoms with Crippen molar-refractivity contribution >= 4 is 43.5 Å². The maximum Gasteiger partial charge on any atom is 0.235 e. The van der Waals surface area contributed by atoms with Gasteiger partial charge >= 0.3 is 0 Å². The zero-order chi connectivity index (χ0) is 37.5. The number of aromatic nitrogens is 3. The molecule has 2 aliphatic carbocycles. The Kier molecular flexibility index (Phi) is 6.15. The van der Waals surface area contributed by atoms with Gasteiger partial charge in [0.2, 0.25) is 5.95 Å². The number of rotatable bonds is 3. The molecule has 0 radical (unpaired) electrons. The Labute approximate surface area is 324 Å². The molecule has 4 nitrogen and oxygen atoms in total. The van der Waals surface area contributed by atoms with Crippen molar-refractivity contribution in [2.45, 2.75) is 38.5 Å². The van der Waals surface area contributed by atoms with Crippen LogP contribution in [0.4, 0.5) is 0 Å². The Balaban J connectivity index is 1.27. The summed E-state index contributed by atoms with van der Waals surface area (Å²) in [6.45, 7) is 9.34. The molecule has 0 atom stereocenters. The molecule has 0 N–H and O–H groups in total. The van der Waals surface area contributed by atoms with Gasteiger partial charge in [0, 0.05) is 54.6 Å². The zero-order valence-corrected chi connectivity index (χ0v) is 31.7. The molecule has 3 heterocycles. The molecule has 0 fully saturated rings. The molecule has 0 amide bonds. The Morgan fingerprint density at radius 2 is 1.07 bits per heavy atom. The fourth-order valence-corrected chi connectivity index (χ4v) is 10.3.